The van der Waals surface area contributed by atoms with Crippen molar-refractivity contribution in [1.82, 2.24) is 4.98 Å². The van der Waals surface area contributed by atoms with Crippen LogP contribution in [0.1, 0.15) is 25.3 Å². The highest BCUT2D eigenvalue weighted by Crippen LogP contribution is 2.14. The van der Waals surface area contributed by atoms with Crippen LogP contribution in [0.4, 0.5) is 0 Å². The number of hydrogen-bond donors (Lipinski definition) is 0. The van der Waals surface area contributed by atoms with E-state index in [2.05, 4.69) is 53.6 Å². The Bertz CT molecular complexity index is 220. The smallest absolute Gasteiger partial charge is 0.101 e. The lowest BCUT2D eigenvalue weighted by atomic mass is 10.1. The first-order valence-corrected chi connectivity index (χ1v) is 4.39. The van der Waals surface area contributed by atoms with Gasteiger partial charge in [-0.3, -0.25) is 4.98 Å². The van der Waals surface area contributed by atoms with Crippen LogP contribution in [0.15, 0.2) is 18.3 Å². The fourth-order valence-corrected chi connectivity index (χ4v) is 1.30. The molecule has 0 radical (unpaired) electrons. The maximum absolute atomic E-state index is 4.11. The molecule has 0 saturated heterocycles. The van der Waals surface area contributed by atoms with Crippen LogP contribution in [0, 0.1) is 3.70 Å². The number of halogens is 1. The van der Waals surface area contributed by atoms with E-state index in [1.54, 1.807) is 0 Å². The average molecular weight is 247 g/mol. The summed E-state index contributed by atoms with van der Waals surface area (Å²) in [4.78, 5) is 4.11. The molecule has 0 amide bonds. The monoisotopic (exact) mass is 247 g/mol. The molecule has 0 aromatic carbocycles. The predicted octanol–water partition coefficient (Wildman–Crippen LogP) is 2.81. The zero-order valence-electron chi connectivity index (χ0n) is 6.13. The molecule has 54 valence electrons. The number of pyridine rings is 1. The topological polar surface area (TPSA) is 12.9 Å². The molecular weight excluding hydrogens is 237 g/mol. The Balaban J connectivity index is 2.96. The van der Waals surface area contributed by atoms with E-state index in [4.69, 9.17) is 0 Å². The minimum atomic E-state index is 0.608. The van der Waals surface area contributed by atoms with Gasteiger partial charge < -0.3 is 0 Å². The quantitative estimate of drug-likeness (QED) is 0.549. The van der Waals surface area contributed by atoms with Gasteiger partial charge in [-0.2, -0.15) is 0 Å². The summed E-state index contributed by atoms with van der Waals surface area (Å²) in [6, 6.07) is 4.18. The molecule has 1 aromatic rings. The van der Waals surface area contributed by atoms with Crippen molar-refractivity contribution in [3.05, 3.63) is 27.6 Å². The molecule has 1 heterocycles. The number of rotatable bonds is 1. The van der Waals surface area contributed by atoms with Gasteiger partial charge in [0, 0.05) is 6.20 Å². The Kier molecular flexibility index (Phi) is 2.65. The van der Waals surface area contributed by atoms with Crippen molar-refractivity contribution in [1.29, 1.82) is 0 Å². The largest absolute Gasteiger partial charge is 0.250 e. The lowest BCUT2D eigenvalue weighted by Crippen LogP contribution is -1.88. The molecule has 0 unspecified atom stereocenters. The second-order valence-corrected chi connectivity index (χ2v) is 3.67. The van der Waals surface area contributed by atoms with Gasteiger partial charge >= 0.3 is 0 Å². The first-order valence-electron chi connectivity index (χ1n) is 3.31. The first-order chi connectivity index (χ1) is 4.70. The molecule has 0 bridgehead atoms. The van der Waals surface area contributed by atoms with Crippen molar-refractivity contribution in [2.24, 2.45) is 0 Å². The maximum Gasteiger partial charge on any atom is 0.101 e. The van der Waals surface area contributed by atoms with E-state index in [0.717, 1.165) is 3.70 Å². The van der Waals surface area contributed by atoms with Crippen molar-refractivity contribution in [2.75, 3.05) is 0 Å². The lowest BCUT2D eigenvalue weighted by molar-refractivity contribution is 0.861. The Morgan fingerprint density at radius 3 is 2.60 bits per heavy atom. The SMILES string of the molecule is CC(C)c1ccnc(I)c1. The minimum Gasteiger partial charge on any atom is -0.250 e. The zero-order valence-corrected chi connectivity index (χ0v) is 8.29. The summed E-state index contributed by atoms with van der Waals surface area (Å²) in [5.41, 5.74) is 1.36. The van der Waals surface area contributed by atoms with Crippen molar-refractivity contribution in [3.63, 3.8) is 0 Å². The molecule has 0 aliphatic carbocycles. The number of hydrogen-bond acceptors (Lipinski definition) is 1. The molecule has 1 rings (SSSR count). The Morgan fingerprint density at radius 1 is 1.50 bits per heavy atom. The molecule has 0 saturated carbocycles. The Hall–Kier alpha value is -0.120. The first kappa shape index (κ1) is 7.98. The van der Waals surface area contributed by atoms with Gasteiger partial charge in [0.05, 0.1) is 0 Å². The van der Waals surface area contributed by atoms with Crippen molar-refractivity contribution in [3.8, 4) is 0 Å². The standard InChI is InChI=1S/C8H10IN/c1-6(2)7-3-4-10-8(9)5-7/h3-6H,1-2H3. The van der Waals surface area contributed by atoms with Crippen LogP contribution in [0.3, 0.4) is 0 Å². The summed E-state index contributed by atoms with van der Waals surface area (Å²) in [6.07, 6.45) is 1.86. The van der Waals surface area contributed by atoms with Crippen LogP contribution >= 0.6 is 22.6 Å². The molecule has 0 N–H and O–H groups in total. The van der Waals surface area contributed by atoms with Crippen LogP contribution in [0.5, 0.6) is 0 Å². The average Bonchev–Trinajstić information content (AvgIpc) is 1.88. The van der Waals surface area contributed by atoms with Crippen LogP contribution < -0.4 is 0 Å². The Morgan fingerprint density at radius 2 is 2.20 bits per heavy atom. The van der Waals surface area contributed by atoms with Crippen molar-refractivity contribution in [2.45, 2.75) is 19.8 Å². The molecule has 10 heavy (non-hydrogen) atoms. The number of aromatic nitrogens is 1. The van der Waals surface area contributed by atoms with Crippen LogP contribution in [0.2, 0.25) is 0 Å². The minimum absolute atomic E-state index is 0.608. The van der Waals surface area contributed by atoms with Gasteiger partial charge in [-0.15, -0.1) is 0 Å². The zero-order chi connectivity index (χ0) is 7.56. The second-order valence-electron chi connectivity index (χ2n) is 2.57. The van der Waals surface area contributed by atoms with Crippen molar-refractivity contribution >= 4 is 22.6 Å². The molecule has 1 aromatic heterocycles. The van der Waals surface area contributed by atoms with Gasteiger partial charge in [0.15, 0.2) is 0 Å². The summed E-state index contributed by atoms with van der Waals surface area (Å²) in [6.45, 7) is 4.37. The lowest BCUT2D eigenvalue weighted by Gasteiger charge is -2.03. The van der Waals surface area contributed by atoms with E-state index in [1.807, 2.05) is 6.20 Å². The highest BCUT2D eigenvalue weighted by atomic mass is 127. The highest BCUT2D eigenvalue weighted by molar-refractivity contribution is 14.1. The second kappa shape index (κ2) is 3.32. The number of nitrogens with zero attached hydrogens (tertiary/aromatic N) is 1. The van der Waals surface area contributed by atoms with Crippen molar-refractivity contribution < 1.29 is 0 Å². The highest BCUT2D eigenvalue weighted by Gasteiger charge is 1.97. The van der Waals surface area contributed by atoms with E-state index in [0.29, 0.717) is 5.92 Å². The molecule has 2 heteroatoms. The van der Waals surface area contributed by atoms with Gasteiger partial charge in [-0.1, -0.05) is 13.8 Å². The fourth-order valence-electron chi connectivity index (χ4n) is 0.777. The third kappa shape index (κ3) is 1.94. The third-order valence-electron chi connectivity index (χ3n) is 1.42. The summed E-state index contributed by atoms with van der Waals surface area (Å²) in [5.74, 6) is 0.608. The van der Waals surface area contributed by atoms with E-state index in [9.17, 15) is 0 Å². The summed E-state index contributed by atoms with van der Waals surface area (Å²) in [7, 11) is 0. The van der Waals surface area contributed by atoms with Gasteiger partial charge in [-0.05, 0) is 46.2 Å². The summed E-state index contributed by atoms with van der Waals surface area (Å²) in [5, 5.41) is 0. The van der Waals surface area contributed by atoms with Gasteiger partial charge in [0.25, 0.3) is 0 Å². The molecule has 0 spiro atoms. The van der Waals surface area contributed by atoms with Gasteiger partial charge in [-0.25, -0.2) is 0 Å². The molecule has 0 fully saturated rings. The van der Waals surface area contributed by atoms with Gasteiger partial charge in [0.1, 0.15) is 3.70 Å². The van der Waals surface area contributed by atoms with E-state index in [1.165, 1.54) is 5.56 Å². The molecule has 0 aliphatic heterocycles. The molecule has 0 aliphatic rings. The van der Waals surface area contributed by atoms with Crippen LogP contribution in [0.25, 0.3) is 0 Å². The predicted molar refractivity (Wildman–Crippen MR) is 51.0 cm³/mol. The Labute approximate surface area is 75.0 Å². The fraction of sp³-hybridized carbons (Fsp3) is 0.375. The van der Waals surface area contributed by atoms with Crippen LogP contribution in [-0.4, -0.2) is 4.98 Å². The molecular formula is C8H10IN. The normalized spacial score (nSPS) is 10.4. The molecule has 1 nitrogen and oxygen atoms in total. The summed E-state index contributed by atoms with van der Waals surface area (Å²) >= 11 is 2.23. The van der Waals surface area contributed by atoms with E-state index >= 15 is 0 Å². The summed E-state index contributed by atoms with van der Waals surface area (Å²) < 4.78 is 1.07. The van der Waals surface area contributed by atoms with E-state index < -0.39 is 0 Å². The van der Waals surface area contributed by atoms with Gasteiger partial charge in [0.2, 0.25) is 0 Å². The van der Waals surface area contributed by atoms with E-state index in [-0.39, 0.29) is 0 Å². The third-order valence-corrected chi connectivity index (χ3v) is 2.01. The van der Waals surface area contributed by atoms with Crippen LogP contribution in [-0.2, 0) is 0 Å². The molecule has 0 atom stereocenters. The maximum atomic E-state index is 4.11.